The first-order valence-electron chi connectivity index (χ1n) is 5.80. The molecule has 0 aliphatic carbocycles. The molecule has 1 aliphatic rings. The molecule has 0 amide bonds. The molecule has 2 heterocycles. The second kappa shape index (κ2) is 4.13. The number of rotatable bonds is 2. The van der Waals surface area contributed by atoms with E-state index in [0.29, 0.717) is 0 Å². The van der Waals surface area contributed by atoms with E-state index < -0.39 is 0 Å². The van der Waals surface area contributed by atoms with Gasteiger partial charge in [0.1, 0.15) is 5.75 Å². The third-order valence-electron chi connectivity index (χ3n) is 3.08. The fourth-order valence-corrected chi connectivity index (χ4v) is 2.15. The van der Waals surface area contributed by atoms with Crippen molar-refractivity contribution < 1.29 is 4.74 Å². The number of fused-ring (bicyclic) bond motifs is 1. The van der Waals surface area contributed by atoms with E-state index in [2.05, 4.69) is 16.4 Å². The molecule has 0 saturated carbocycles. The van der Waals surface area contributed by atoms with Gasteiger partial charge in [-0.05, 0) is 6.07 Å². The summed E-state index contributed by atoms with van der Waals surface area (Å²) in [5, 5.41) is 3.46. The molecule has 1 aromatic heterocycles. The highest BCUT2D eigenvalue weighted by molar-refractivity contribution is 5.42. The van der Waals surface area contributed by atoms with Gasteiger partial charge in [0, 0.05) is 31.4 Å². The van der Waals surface area contributed by atoms with Gasteiger partial charge in [-0.3, -0.25) is 0 Å². The van der Waals surface area contributed by atoms with Crippen LogP contribution in [0.3, 0.4) is 0 Å². The van der Waals surface area contributed by atoms with E-state index in [1.165, 1.54) is 5.56 Å². The molecule has 1 unspecified atom stereocenters. The first kappa shape index (κ1) is 10.2. The lowest BCUT2D eigenvalue weighted by Gasteiger charge is -2.26. The number of hydrogen-bond acceptors (Lipinski definition) is 3. The van der Waals surface area contributed by atoms with E-state index in [0.717, 1.165) is 24.7 Å². The van der Waals surface area contributed by atoms with Crippen LogP contribution in [0.25, 0.3) is 0 Å². The SMILES string of the molecule is Cn1ccnc1NC1CCOc2ccccc21. The first-order valence-corrected chi connectivity index (χ1v) is 5.80. The highest BCUT2D eigenvalue weighted by Crippen LogP contribution is 2.33. The van der Waals surface area contributed by atoms with Gasteiger partial charge in [0.2, 0.25) is 5.95 Å². The molecule has 4 heteroatoms. The van der Waals surface area contributed by atoms with Gasteiger partial charge < -0.3 is 14.6 Å². The van der Waals surface area contributed by atoms with Crippen LogP contribution in [0.15, 0.2) is 36.7 Å². The van der Waals surface area contributed by atoms with Crippen molar-refractivity contribution in [2.24, 2.45) is 7.05 Å². The molecule has 0 fully saturated rings. The zero-order valence-electron chi connectivity index (χ0n) is 9.76. The molecular weight excluding hydrogens is 214 g/mol. The second-order valence-electron chi connectivity index (χ2n) is 4.23. The summed E-state index contributed by atoms with van der Waals surface area (Å²) < 4.78 is 7.62. The Kier molecular flexibility index (Phi) is 2.48. The van der Waals surface area contributed by atoms with Crippen molar-refractivity contribution in [1.82, 2.24) is 9.55 Å². The van der Waals surface area contributed by atoms with Crippen LogP contribution in [0, 0.1) is 0 Å². The van der Waals surface area contributed by atoms with Gasteiger partial charge in [0.05, 0.1) is 12.6 Å². The number of imidazole rings is 1. The molecule has 0 spiro atoms. The number of hydrogen-bond donors (Lipinski definition) is 1. The normalized spacial score (nSPS) is 18.3. The topological polar surface area (TPSA) is 39.1 Å². The van der Waals surface area contributed by atoms with E-state index in [4.69, 9.17) is 4.74 Å². The Morgan fingerprint density at radius 3 is 3.12 bits per heavy atom. The third-order valence-corrected chi connectivity index (χ3v) is 3.08. The quantitative estimate of drug-likeness (QED) is 0.859. The van der Waals surface area contributed by atoms with Gasteiger partial charge in [-0.1, -0.05) is 18.2 Å². The minimum atomic E-state index is 0.279. The summed E-state index contributed by atoms with van der Waals surface area (Å²) in [7, 11) is 1.99. The van der Waals surface area contributed by atoms with Crippen molar-refractivity contribution in [2.75, 3.05) is 11.9 Å². The molecule has 88 valence electrons. The molecule has 0 bridgehead atoms. The molecule has 1 atom stereocenters. The average molecular weight is 229 g/mol. The lowest BCUT2D eigenvalue weighted by atomic mass is 10.0. The number of benzene rings is 1. The monoisotopic (exact) mass is 229 g/mol. The standard InChI is InChI=1S/C13H15N3O/c1-16-8-7-14-13(16)15-11-6-9-17-12-5-3-2-4-10(11)12/h2-5,7-8,11H,6,9H2,1H3,(H,14,15). The van der Waals surface area contributed by atoms with Gasteiger partial charge in [0.15, 0.2) is 0 Å². The number of para-hydroxylation sites is 1. The molecule has 1 aliphatic heterocycles. The third kappa shape index (κ3) is 1.86. The summed E-state index contributed by atoms with van der Waals surface area (Å²) in [6, 6.07) is 8.44. The number of nitrogens with one attached hydrogen (secondary N) is 1. The number of aromatic nitrogens is 2. The average Bonchev–Trinajstić information content (AvgIpc) is 2.76. The summed E-state index contributed by atoms with van der Waals surface area (Å²) in [6.07, 6.45) is 4.70. The molecular formula is C13H15N3O. The minimum absolute atomic E-state index is 0.279. The van der Waals surface area contributed by atoms with Crippen molar-refractivity contribution in [3.63, 3.8) is 0 Å². The van der Waals surface area contributed by atoms with Gasteiger partial charge in [-0.15, -0.1) is 0 Å². The minimum Gasteiger partial charge on any atom is -0.493 e. The van der Waals surface area contributed by atoms with Crippen LogP contribution in [0.1, 0.15) is 18.0 Å². The van der Waals surface area contributed by atoms with Gasteiger partial charge >= 0.3 is 0 Å². The van der Waals surface area contributed by atoms with Crippen LogP contribution in [0.4, 0.5) is 5.95 Å². The fourth-order valence-electron chi connectivity index (χ4n) is 2.15. The Balaban J connectivity index is 1.88. The maximum Gasteiger partial charge on any atom is 0.202 e. The predicted octanol–water partition coefficient (Wildman–Crippen LogP) is 2.36. The molecule has 1 N–H and O–H groups in total. The Hall–Kier alpha value is -1.97. The van der Waals surface area contributed by atoms with Crippen molar-refractivity contribution in [1.29, 1.82) is 0 Å². The van der Waals surface area contributed by atoms with E-state index >= 15 is 0 Å². The van der Waals surface area contributed by atoms with Crippen LogP contribution in [0.5, 0.6) is 5.75 Å². The van der Waals surface area contributed by atoms with Crippen molar-refractivity contribution in [2.45, 2.75) is 12.5 Å². The van der Waals surface area contributed by atoms with E-state index in [1.807, 2.05) is 36.0 Å². The second-order valence-corrected chi connectivity index (χ2v) is 4.23. The Bertz CT molecular complexity index is 521. The fraction of sp³-hybridized carbons (Fsp3) is 0.308. The van der Waals surface area contributed by atoms with Crippen LogP contribution < -0.4 is 10.1 Å². The largest absolute Gasteiger partial charge is 0.493 e. The summed E-state index contributed by atoms with van der Waals surface area (Å²) in [4.78, 5) is 4.29. The van der Waals surface area contributed by atoms with E-state index in [1.54, 1.807) is 6.20 Å². The first-order chi connectivity index (χ1) is 8.34. The number of anilines is 1. The summed E-state index contributed by atoms with van der Waals surface area (Å²) in [5.41, 5.74) is 1.21. The van der Waals surface area contributed by atoms with Crippen molar-refractivity contribution >= 4 is 5.95 Å². The summed E-state index contributed by atoms with van der Waals surface area (Å²) >= 11 is 0. The van der Waals surface area contributed by atoms with Crippen molar-refractivity contribution in [3.05, 3.63) is 42.2 Å². The van der Waals surface area contributed by atoms with Crippen molar-refractivity contribution in [3.8, 4) is 5.75 Å². The summed E-state index contributed by atoms with van der Waals surface area (Å²) in [6.45, 7) is 0.749. The zero-order valence-corrected chi connectivity index (χ0v) is 9.76. The Morgan fingerprint density at radius 2 is 2.29 bits per heavy atom. The lowest BCUT2D eigenvalue weighted by molar-refractivity contribution is 0.274. The smallest absolute Gasteiger partial charge is 0.202 e. The number of ether oxygens (including phenoxy) is 1. The molecule has 0 radical (unpaired) electrons. The Labute approximate surface area is 100 Å². The Morgan fingerprint density at radius 1 is 1.41 bits per heavy atom. The van der Waals surface area contributed by atoms with Crippen LogP contribution in [0.2, 0.25) is 0 Å². The van der Waals surface area contributed by atoms with Gasteiger partial charge in [-0.2, -0.15) is 0 Å². The van der Waals surface area contributed by atoms with Crippen LogP contribution >= 0.6 is 0 Å². The zero-order chi connectivity index (χ0) is 11.7. The molecule has 1 aromatic carbocycles. The highest BCUT2D eigenvalue weighted by atomic mass is 16.5. The highest BCUT2D eigenvalue weighted by Gasteiger charge is 2.21. The number of nitrogens with zero attached hydrogens (tertiary/aromatic N) is 2. The molecule has 17 heavy (non-hydrogen) atoms. The predicted molar refractivity (Wildman–Crippen MR) is 66.1 cm³/mol. The molecule has 4 nitrogen and oxygen atoms in total. The van der Waals surface area contributed by atoms with Gasteiger partial charge in [0.25, 0.3) is 0 Å². The van der Waals surface area contributed by atoms with Crippen LogP contribution in [-0.2, 0) is 7.05 Å². The molecule has 3 rings (SSSR count). The number of aryl methyl sites for hydroxylation is 1. The van der Waals surface area contributed by atoms with Crippen LogP contribution in [-0.4, -0.2) is 16.2 Å². The summed E-state index contributed by atoms with van der Waals surface area (Å²) in [5.74, 6) is 1.87. The molecule has 2 aromatic rings. The maximum atomic E-state index is 5.64. The molecule has 0 saturated heterocycles. The maximum absolute atomic E-state index is 5.64. The lowest BCUT2D eigenvalue weighted by Crippen LogP contribution is -2.21. The van der Waals surface area contributed by atoms with Gasteiger partial charge in [-0.25, -0.2) is 4.98 Å². The van der Waals surface area contributed by atoms with E-state index in [-0.39, 0.29) is 6.04 Å². The van der Waals surface area contributed by atoms with E-state index in [9.17, 15) is 0 Å².